The van der Waals surface area contributed by atoms with E-state index >= 15 is 0 Å². The summed E-state index contributed by atoms with van der Waals surface area (Å²) in [5.74, 6) is -1.15. The lowest BCUT2D eigenvalue weighted by molar-refractivity contribution is -0.118. The summed E-state index contributed by atoms with van der Waals surface area (Å²) in [7, 11) is 1.95. The molecule has 0 amide bonds. The van der Waals surface area contributed by atoms with Crippen LogP contribution in [0.5, 0.6) is 0 Å². The Kier molecular flexibility index (Phi) is 3.89. The second-order valence-corrected chi connectivity index (χ2v) is 5.84. The molecule has 1 heterocycles. The largest absolute Gasteiger partial charge is 0.355 e. The van der Waals surface area contributed by atoms with Gasteiger partial charge in [0.15, 0.2) is 0 Å². The molecule has 1 aliphatic heterocycles. The smallest absolute Gasteiger partial charge is 0.225 e. The maximum Gasteiger partial charge on any atom is 0.225 e. The van der Waals surface area contributed by atoms with Crippen molar-refractivity contribution in [3.05, 3.63) is 65.2 Å². The molecule has 2 aromatic carbocycles. The molecule has 1 atom stereocenters. The Labute approximate surface area is 130 Å². The minimum atomic E-state index is -1.15. The molecule has 1 aliphatic rings. The van der Waals surface area contributed by atoms with Gasteiger partial charge in [-0.2, -0.15) is 0 Å². The van der Waals surface area contributed by atoms with Crippen molar-refractivity contribution in [1.82, 2.24) is 4.90 Å². The van der Waals surface area contributed by atoms with E-state index < -0.39 is 5.85 Å². The molecule has 4 heteroatoms. The molecule has 0 saturated carbocycles. The zero-order valence-electron chi connectivity index (χ0n) is 12.0. The number of anilines is 1. The Balaban J connectivity index is 2.07. The third kappa shape index (κ3) is 2.53. The van der Waals surface area contributed by atoms with E-state index in [1.165, 1.54) is 0 Å². The number of hydrogen-bond donors (Lipinski definition) is 1. The first kappa shape index (κ1) is 14.4. The Morgan fingerprint density at radius 1 is 1.00 bits per heavy atom. The van der Waals surface area contributed by atoms with Gasteiger partial charge >= 0.3 is 0 Å². The average Bonchev–Trinajstić information content (AvgIpc) is 2.51. The predicted molar refractivity (Wildman–Crippen MR) is 86.4 cm³/mol. The standard InChI is InChI=1S/C17H19ClN2O/c1-19-12-5-13-20(16-6-3-2-4-7-16)17(19,21)14-8-10-15(18)11-9-14/h2-4,6-11,21H,5,12-13H2,1H3. The van der Waals surface area contributed by atoms with Gasteiger partial charge in [-0.3, -0.25) is 4.90 Å². The summed E-state index contributed by atoms with van der Waals surface area (Å²) in [4.78, 5) is 4.02. The van der Waals surface area contributed by atoms with Crippen LogP contribution in [0.25, 0.3) is 0 Å². The Morgan fingerprint density at radius 3 is 2.33 bits per heavy atom. The molecule has 3 nitrogen and oxygen atoms in total. The molecular weight excluding hydrogens is 284 g/mol. The summed E-state index contributed by atoms with van der Waals surface area (Å²) in [5, 5.41) is 12.1. The Hall–Kier alpha value is -1.55. The number of rotatable bonds is 2. The van der Waals surface area contributed by atoms with Crippen LogP contribution in [0.1, 0.15) is 12.0 Å². The van der Waals surface area contributed by atoms with Gasteiger partial charge in [0, 0.05) is 29.4 Å². The molecule has 0 radical (unpaired) electrons. The van der Waals surface area contributed by atoms with Crippen molar-refractivity contribution in [2.75, 3.05) is 25.0 Å². The Bertz CT molecular complexity index is 602. The SMILES string of the molecule is CN1CCCN(c2ccccc2)C1(O)c1ccc(Cl)cc1. The molecule has 110 valence electrons. The summed E-state index contributed by atoms with van der Waals surface area (Å²) in [5.41, 5.74) is 1.85. The normalized spacial score (nSPS) is 23.3. The van der Waals surface area contributed by atoms with Crippen molar-refractivity contribution in [2.45, 2.75) is 12.3 Å². The fourth-order valence-corrected chi connectivity index (χ4v) is 3.08. The van der Waals surface area contributed by atoms with E-state index in [4.69, 9.17) is 11.6 Å². The molecule has 1 saturated heterocycles. The maximum absolute atomic E-state index is 11.4. The van der Waals surface area contributed by atoms with Gasteiger partial charge in [-0.15, -0.1) is 0 Å². The fraction of sp³-hybridized carbons (Fsp3) is 0.294. The van der Waals surface area contributed by atoms with Crippen molar-refractivity contribution in [3.8, 4) is 0 Å². The highest BCUT2D eigenvalue weighted by Gasteiger charge is 2.43. The molecule has 0 bridgehead atoms. The molecule has 0 aliphatic carbocycles. The Morgan fingerprint density at radius 2 is 1.67 bits per heavy atom. The highest BCUT2D eigenvalue weighted by molar-refractivity contribution is 6.30. The van der Waals surface area contributed by atoms with Crippen molar-refractivity contribution in [1.29, 1.82) is 0 Å². The summed E-state index contributed by atoms with van der Waals surface area (Å²) in [6.45, 7) is 1.66. The average molecular weight is 303 g/mol. The van der Waals surface area contributed by atoms with Crippen LogP contribution in [0, 0.1) is 0 Å². The molecular formula is C17H19ClN2O. The van der Waals surface area contributed by atoms with E-state index in [0.29, 0.717) is 5.02 Å². The molecule has 3 rings (SSSR count). The first-order valence-corrected chi connectivity index (χ1v) is 7.52. The van der Waals surface area contributed by atoms with Crippen molar-refractivity contribution in [3.63, 3.8) is 0 Å². The van der Waals surface area contributed by atoms with E-state index in [0.717, 1.165) is 30.8 Å². The van der Waals surface area contributed by atoms with Gasteiger partial charge in [0.25, 0.3) is 0 Å². The quantitative estimate of drug-likeness (QED) is 0.922. The highest BCUT2D eigenvalue weighted by atomic mass is 35.5. The van der Waals surface area contributed by atoms with E-state index in [1.54, 1.807) is 0 Å². The van der Waals surface area contributed by atoms with Crippen LogP contribution in [0.2, 0.25) is 5.02 Å². The predicted octanol–water partition coefficient (Wildman–Crippen LogP) is 3.28. The van der Waals surface area contributed by atoms with Crippen LogP contribution in [-0.2, 0) is 5.85 Å². The van der Waals surface area contributed by atoms with Gasteiger partial charge in [-0.1, -0.05) is 41.9 Å². The highest BCUT2D eigenvalue weighted by Crippen LogP contribution is 2.36. The number of halogens is 1. The van der Waals surface area contributed by atoms with Crippen molar-refractivity contribution in [2.24, 2.45) is 0 Å². The van der Waals surface area contributed by atoms with Crippen molar-refractivity contribution >= 4 is 17.3 Å². The first-order chi connectivity index (χ1) is 10.1. The lowest BCUT2D eigenvalue weighted by Gasteiger charge is -2.50. The van der Waals surface area contributed by atoms with E-state index in [-0.39, 0.29) is 0 Å². The molecule has 1 unspecified atom stereocenters. The van der Waals surface area contributed by atoms with Crippen molar-refractivity contribution < 1.29 is 5.11 Å². The van der Waals surface area contributed by atoms with Crippen LogP contribution >= 0.6 is 11.6 Å². The van der Waals surface area contributed by atoms with Gasteiger partial charge in [0.2, 0.25) is 5.85 Å². The van der Waals surface area contributed by atoms with Gasteiger partial charge < -0.3 is 10.0 Å². The second-order valence-electron chi connectivity index (χ2n) is 5.40. The van der Waals surface area contributed by atoms with Crippen LogP contribution in [-0.4, -0.2) is 30.1 Å². The minimum absolute atomic E-state index is 0.673. The zero-order chi connectivity index (χ0) is 14.9. The maximum atomic E-state index is 11.4. The molecule has 0 aromatic heterocycles. The van der Waals surface area contributed by atoms with Gasteiger partial charge in [-0.05, 0) is 37.7 Å². The molecule has 1 N–H and O–H groups in total. The lowest BCUT2D eigenvalue weighted by Crippen LogP contribution is -2.61. The minimum Gasteiger partial charge on any atom is -0.355 e. The molecule has 21 heavy (non-hydrogen) atoms. The zero-order valence-corrected chi connectivity index (χ0v) is 12.8. The monoisotopic (exact) mass is 302 g/mol. The number of nitrogens with zero attached hydrogens (tertiary/aromatic N) is 2. The molecule has 0 spiro atoms. The van der Waals surface area contributed by atoms with E-state index in [2.05, 4.69) is 0 Å². The van der Waals surface area contributed by atoms with E-state index in [9.17, 15) is 5.11 Å². The number of aliphatic hydroxyl groups is 1. The lowest BCUT2D eigenvalue weighted by atomic mass is 10.0. The first-order valence-electron chi connectivity index (χ1n) is 7.15. The van der Waals surface area contributed by atoms with Gasteiger partial charge in [0.1, 0.15) is 0 Å². The number of hydrogen-bond acceptors (Lipinski definition) is 3. The van der Waals surface area contributed by atoms with Crippen LogP contribution in [0.15, 0.2) is 54.6 Å². The fourth-order valence-electron chi connectivity index (χ4n) is 2.95. The van der Waals surface area contributed by atoms with Crippen LogP contribution in [0.3, 0.4) is 0 Å². The topological polar surface area (TPSA) is 26.7 Å². The van der Waals surface area contributed by atoms with Gasteiger partial charge in [-0.25, -0.2) is 0 Å². The summed E-state index contributed by atoms with van der Waals surface area (Å²) < 4.78 is 0. The number of para-hydroxylation sites is 1. The summed E-state index contributed by atoms with van der Waals surface area (Å²) in [6, 6.07) is 17.4. The molecule has 2 aromatic rings. The third-order valence-electron chi connectivity index (χ3n) is 4.08. The summed E-state index contributed by atoms with van der Waals surface area (Å²) in [6.07, 6.45) is 1.02. The third-order valence-corrected chi connectivity index (χ3v) is 4.34. The summed E-state index contributed by atoms with van der Waals surface area (Å²) >= 11 is 5.98. The van der Waals surface area contributed by atoms with E-state index in [1.807, 2.05) is 71.4 Å². The molecule has 1 fully saturated rings. The number of benzene rings is 2. The van der Waals surface area contributed by atoms with Crippen LogP contribution in [0.4, 0.5) is 5.69 Å². The van der Waals surface area contributed by atoms with Crippen LogP contribution < -0.4 is 4.90 Å². The van der Waals surface area contributed by atoms with Gasteiger partial charge in [0.05, 0.1) is 0 Å². The second kappa shape index (κ2) is 5.68.